The number of hydrogen-bond acceptors (Lipinski definition) is 3. The van der Waals surface area contributed by atoms with Gasteiger partial charge >= 0.3 is 0 Å². The molecule has 0 fully saturated rings. The van der Waals surface area contributed by atoms with Crippen molar-refractivity contribution in [2.24, 2.45) is 5.10 Å². The largest absolute Gasteiger partial charge is 0.507 e. The summed E-state index contributed by atoms with van der Waals surface area (Å²) in [5.74, 6) is 0.0546. The lowest BCUT2D eigenvalue weighted by Gasteiger charge is -2.17. The van der Waals surface area contributed by atoms with E-state index in [2.05, 4.69) is 5.10 Å². The smallest absolute Gasteiger partial charge is 0.242 e. The van der Waals surface area contributed by atoms with Crippen molar-refractivity contribution in [2.75, 3.05) is 0 Å². The molecule has 1 atom stereocenters. The van der Waals surface area contributed by atoms with E-state index in [0.29, 0.717) is 29.1 Å². The summed E-state index contributed by atoms with van der Waals surface area (Å²) in [5, 5.41) is 16.6. The molecule has 2 aromatic rings. The van der Waals surface area contributed by atoms with Crippen molar-refractivity contribution in [1.29, 1.82) is 0 Å². The van der Waals surface area contributed by atoms with E-state index in [4.69, 9.17) is 11.6 Å². The third-order valence-corrected chi connectivity index (χ3v) is 4.32. The molecule has 0 aromatic heterocycles. The number of amides is 1. The van der Waals surface area contributed by atoms with Gasteiger partial charge in [0.2, 0.25) is 5.91 Å². The first-order valence-corrected chi connectivity index (χ1v) is 8.58. The van der Waals surface area contributed by atoms with Crippen LogP contribution in [0.4, 0.5) is 0 Å². The maximum Gasteiger partial charge on any atom is 0.242 e. The number of phenols is 1. The third kappa shape index (κ3) is 3.91. The van der Waals surface area contributed by atoms with Gasteiger partial charge in [0.1, 0.15) is 5.75 Å². The van der Waals surface area contributed by atoms with Crippen molar-refractivity contribution in [3.05, 3.63) is 70.8 Å². The number of nitrogens with zero attached hydrogens (tertiary/aromatic N) is 2. The highest BCUT2D eigenvalue weighted by Crippen LogP contribution is 2.29. The number of hydrazone groups is 1. The summed E-state index contributed by atoms with van der Waals surface area (Å²) in [6.07, 6.45) is 4.86. The van der Waals surface area contributed by atoms with E-state index < -0.39 is 0 Å². The Hall–Kier alpha value is -2.59. The molecule has 0 bridgehead atoms. The van der Waals surface area contributed by atoms with Crippen LogP contribution >= 0.6 is 11.6 Å². The molecule has 0 spiro atoms. The van der Waals surface area contributed by atoms with Gasteiger partial charge in [-0.05, 0) is 23.8 Å². The van der Waals surface area contributed by atoms with Crippen LogP contribution in [0.25, 0.3) is 6.08 Å². The quantitative estimate of drug-likeness (QED) is 0.880. The minimum atomic E-state index is -0.180. The minimum Gasteiger partial charge on any atom is -0.507 e. The highest BCUT2D eigenvalue weighted by Gasteiger charge is 2.30. The van der Waals surface area contributed by atoms with Crippen molar-refractivity contribution in [3.63, 3.8) is 0 Å². The van der Waals surface area contributed by atoms with Gasteiger partial charge in [0.05, 0.1) is 11.8 Å². The van der Waals surface area contributed by atoms with Gasteiger partial charge in [-0.15, -0.1) is 0 Å². The second-order valence-corrected chi connectivity index (χ2v) is 6.28. The molecule has 0 saturated carbocycles. The van der Waals surface area contributed by atoms with Crippen molar-refractivity contribution in [1.82, 2.24) is 5.01 Å². The Kier molecular flexibility index (Phi) is 5.19. The van der Waals surface area contributed by atoms with Gasteiger partial charge in [-0.3, -0.25) is 4.79 Å². The maximum atomic E-state index is 12.3. The van der Waals surface area contributed by atoms with Gasteiger partial charge in [-0.2, -0.15) is 5.10 Å². The fourth-order valence-electron chi connectivity index (χ4n) is 2.77. The number of halogens is 1. The van der Waals surface area contributed by atoms with Crippen LogP contribution in [-0.2, 0) is 4.79 Å². The van der Waals surface area contributed by atoms with E-state index >= 15 is 0 Å². The first kappa shape index (κ1) is 17.2. The van der Waals surface area contributed by atoms with Crippen LogP contribution in [0.5, 0.6) is 5.75 Å². The molecular weight excluding hydrogens is 336 g/mol. The van der Waals surface area contributed by atoms with E-state index in [1.165, 1.54) is 5.01 Å². The van der Waals surface area contributed by atoms with Crippen LogP contribution in [-0.4, -0.2) is 27.8 Å². The Bertz CT molecular complexity index is 831. The molecule has 1 heterocycles. The molecule has 1 aliphatic heterocycles. The summed E-state index contributed by atoms with van der Waals surface area (Å²) in [5.41, 5.74) is 2.28. The van der Waals surface area contributed by atoms with Crippen LogP contribution in [0.1, 0.15) is 30.9 Å². The zero-order valence-corrected chi connectivity index (χ0v) is 14.6. The molecule has 1 N–H and O–H groups in total. The van der Waals surface area contributed by atoms with Crippen LogP contribution < -0.4 is 0 Å². The monoisotopic (exact) mass is 354 g/mol. The second kappa shape index (κ2) is 7.53. The third-order valence-electron chi connectivity index (χ3n) is 4.08. The van der Waals surface area contributed by atoms with Crippen LogP contribution in [0.2, 0.25) is 5.02 Å². The van der Waals surface area contributed by atoms with E-state index in [-0.39, 0.29) is 17.7 Å². The number of aromatic hydroxyl groups is 1. The predicted molar refractivity (Wildman–Crippen MR) is 101 cm³/mol. The van der Waals surface area contributed by atoms with E-state index in [9.17, 15) is 9.90 Å². The number of hydrogen-bond donors (Lipinski definition) is 1. The Balaban J connectivity index is 1.89. The molecule has 3 rings (SSSR count). The van der Waals surface area contributed by atoms with Crippen molar-refractivity contribution < 1.29 is 9.90 Å². The molecule has 25 heavy (non-hydrogen) atoms. The minimum absolute atomic E-state index is 0.0563. The summed E-state index contributed by atoms with van der Waals surface area (Å²) in [4.78, 5) is 12.3. The Morgan fingerprint density at radius 1 is 1.32 bits per heavy atom. The van der Waals surface area contributed by atoms with Crippen LogP contribution in [0, 0.1) is 0 Å². The van der Waals surface area contributed by atoms with Gasteiger partial charge < -0.3 is 5.11 Å². The summed E-state index contributed by atoms with van der Waals surface area (Å²) in [7, 11) is 0. The average Bonchev–Trinajstić information content (AvgIpc) is 3.06. The Morgan fingerprint density at radius 2 is 2.08 bits per heavy atom. The van der Waals surface area contributed by atoms with Gasteiger partial charge in [0, 0.05) is 23.4 Å². The van der Waals surface area contributed by atoms with Gasteiger partial charge in [-0.1, -0.05) is 61.0 Å². The SMILES string of the molecule is CCC(=O)N1N=C(c2cc(Cl)ccc2O)C[C@H]1/C=C/c1ccccc1. The predicted octanol–water partition coefficient (Wildman–Crippen LogP) is 4.47. The molecule has 4 nitrogen and oxygen atoms in total. The van der Waals surface area contributed by atoms with Gasteiger partial charge in [0.15, 0.2) is 0 Å². The molecule has 0 unspecified atom stereocenters. The van der Waals surface area contributed by atoms with E-state index in [1.54, 1.807) is 18.2 Å². The molecule has 1 amide bonds. The zero-order chi connectivity index (χ0) is 17.8. The standard InChI is InChI=1S/C20H19ClN2O2/c1-2-20(25)23-16(10-8-14-6-4-3-5-7-14)13-18(22-23)17-12-15(21)9-11-19(17)24/h3-12,16,24H,2,13H2,1H3/b10-8+/t16-/m1/s1. The fourth-order valence-corrected chi connectivity index (χ4v) is 2.94. The summed E-state index contributed by atoms with van der Waals surface area (Å²) >= 11 is 6.04. The van der Waals surface area contributed by atoms with Crippen molar-refractivity contribution in [3.8, 4) is 5.75 Å². The van der Waals surface area contributed by atoms with E-state index in [1.807, 2.05) is 49.4 Å². The zero-order valence-electron chi connectivity index (χ0n) is 13.9. The highest BCUT2D eigenvalue weighted by atomic mass is 35.5. The number of carbonyl (C=O) groups excluding carboxylic acids is 1. The van der Waals surface area contributed by atoms with Crippen LogP contribution in [0.3, 0.4) is 0 Å². The fraction of sp³-hybridized carbons (Fsp3) is 0.200. The second-order valence-electron chi connectivity index (χ2n) is 5.84. The lowest BCUT2D eigenvalue weighted by Crippen LogP contribution is -2.30. The molecule has 0 saturated heterocycles. The van der Waals surface area contributed by atoms with Gasteiger partial charge in [-0.25, -0.2) is 5.01 Å². The molecular formula is C20H19ClN2O2. The lowest BCUT2D eigenvalue weighted by atomic mass is 10.0. The molecule has 2 aromatic carbocycles. The molecule has 0 aliphatic carbocycles. The summed E-state index contributed by atoms with van der Waals surface area (Å²) in [6.45, 7) is 1.81. The lowest BCUT2D eigenvalue weighted by molar-refractivity contribution is -0.131. The van der Waals surface area contributed by atoms with Gasteiger partial charge in [0.25, 0.3) is 0 Å². The highest BCUT2D eigenvalue weighted by molar-refractivity contribution is 6.31. The van der Waals surface area contributed by atoms with Crippen LogP contribution in [0.15, 0.2) is 59.7 Å². The first-order chi connectivity index (χ1) is 12.1. The molecule has 1 aliphatic rings. The Labute approximate surface area is 152 Å². The maximum absolute atomic E-state index is 12.3. The van der Waals surface area contributed by atoms with Crippen molar-refractivity contribution >= 4 is 29.3 Å². The number of phenolic OH excluding ortho intramolecular Hbond substituents is 1. The molecule has 5 heteroatoms. The summed E-state index contributed by atoms with van der Waals surface area (Å²) < 4.78 is 0. The average molecular weight is 355 g/mol. The molecule has 0 radical (unpaired) electrons. The first-order valence-electron chi connectivity index (χ1n) is 8.20. The van der Waals surface area contributed by atoms with E-state index in [0.717, 1.165) is 5.56 Å². The number of benzene rings is 2. The normalized spacial score (nSPS) is 17.1. The number of rotatable bonds is 4. The Morgan fingerprint density at radius 3 is 2.80 bits per heavy atom. The van der Waals surface area contributed by atoms with Crippen molar-refractivity contribution in [2.45, 2.75) is 25.8 Å². The number of carbonyl (C=O) groups is 1. The topological polar surface area (TPSA) is 52.9 Å². The molecule has 128 valence electrons. The summed E-state index contributed by atoms with van der Waals surface area (Å²) in [6, 6.07) is 14.6.